The Balaban J connectivity index is 1.07. The maximum Gasteiger partial charge on any atom is 0.169 e. The van der Waals surface area contributed by atoms with Crippen molar-refractivity contribution in [2.75, 3.05) is 41.7 Å². The lowest BCUT2D eigenvalue weighted by atomic mass is 9.90. The van der Waals surface area contributed by atoms with Crippen LogP contribution in [-0.2, 0) is 0 Å². The third-order valence-electron chi connectivity index (χ3n) is 9.11. The van der Waals surface area contributed by atoms with Gasteiger partial charge in [0.1, 0.15) is 11.4 Å². The highest BCUT2D eigenvalue weighted by molar-refractivity contribution is 5.74. The van der Waals surface area contributed by atoms with Crippen LogP contribution in [0.15, 0.2) is 48.7 Å². The van der Waals surface area contributed by atoms with Gasteiger partial charge in [0.25, 0.3) is 0 Å². The smallest absolute Gasteiger partial charge is 0.169 e. The van der Waals surface area contributed by atoms with Gasteiger partial charge in [-0.2, -0.15) is 0 Å². The minimum Gasteiger partial charge on any atom is -0.507 e. The third-order valence-corrected chi connectivity index (χ3v) is 9.11. The Hall–Kier alpha value is -3.83. The number of aromatic nitrogens is 3. The summed E-state index contributed by atoms with van der Waals surface area (Å²) in [6.45, 7) is 3.77. The van der Waals surface area contributed by atoms with Gasteiger partial charge < -0.3 is 20.6 Å². The number of piperazine rings is 1. The number of likely N-dealkylation sites (tertiary alicyclic amines) is 1. The molecule has 3 aromatic rings. The number of fused-ring (bicyclic) bond motifs is 4. The number of pyridine rings is 1. The number of phenolic OH excluding ortho intramolecular Hbond substituents is 1. The molecule has 3 aliphatic heterocycles. The predicted molar refractivity (Wildman–Crippen MR) is 153 cm³/mol. The SMILES string of the molecule is Nc1nnc(-c2ccccc2O)cc1N1CC2CCC(C1)N2c1ccnc(C#CCN2CC3CCCC2C3)c1. The topological polar surface area (TPSA) is 94.6 Å². The average Bonchev–Trinajstić information content (AvgIpc) is 3.39. The fraction of sp³-hybridized carbons (Fsp3) is 0.452. The number of aromatic hydroxyl groups is 1. The number of hydrogen-bond donors (Lipinski definition) is 2. The van der Waals surface area contributed by atoms with E-state index in [1.807, 2.05) is 24.4 Å². The Bertz CT molecular complexity index is 1420. The largest absolute Gasteiger partial charge is 0.507 e. The van der Waals surface area contributed by atoms with Crippen LogP contribution in [0.3, 0.4) is 0 Å². The molecule has 3 N–H and O–H groups in total. The molecule has 8 heteroatoms. The minimum atomic E-state index is 0.187. The van der Waals surface area contributed by atoms with Crippen LogP contribution in [-0.4, -0.2) is 69.5 Å². The van der Waals surface area contributed by atoms with Crippen molar-refractivity contribution in [2.45, 2.75) is 56.7 Å². The van der Waals surface area contributed by atoms with Crippen molar-refractivity contribution < 1.29 is 5.11 Å². The molecule has 200 valence electrons. The molecule has 1 saturated carbocycles. The van der Waals surface area contributed by atoms with E-state index in [0.29, 0.717) is 29.2 Å². The van der Waals surface area contributed by atoms with Crippen molar-refractivity contribution in [2.24, 2.45) is 5.92 Å². The maximum atomic E-state index is 10.3. The van der Waals surface area contributed by atoms with Gasteiger partial charge in [-0.25, -0.2) is 4.98 Å². The Morgan fingerprint density at radius 1 is 0.949 bits per heavy atom. The summed E-state index contributed by atoms with van der Waals surface area (Å²) in [4.78, 5) is 12.0. The second-order valence-electron chi connectivity index (χ2n) is 11.5. The summed E-state index contributed by atoms with van der Waals surface area (Å²) in [6, 6.07) is 14.9. The van der Waals surface area contributed by atoms with Crippen LogP contribution < -0.4 is 15.5 Å². The molecule has 4 atom stereocenters. The van der Waals surface area contributed by atoms with Crippen LogP contribution >= 0.6 is 0 Å². The Morgan fingerprint density at radius 2 is 1.79 bits per heavy atom. The van der Waals surface area contributed by atoms with Crippen molar-refractivity contribution >= 4 is 17.2 Å². The lowest BCUT2D eigenvalue weighted by molar-refractivity contribution is 0.273. The highest BCUT2D eigenvalue weighted by Crippen LogP contribution is 2.39. The molecule has 2 aromatic heterocycles. The molecule has 4 aliphatic rings. The van der Waals surface area contributed by atoms with E-state index >= 15 is 0 Å². The number of rotatable bonds is 4. The number of phenols is 1. The molecule has 4 bridgehead atoms. The zero-order valence-electron chi connectivity index (χ0n) is 22.2. The van der Waals surface area contributed by atoms with Crippen molar-refractivity contribution in [3.8, 4) is 28.8 Å². The van der Waals surface area contributed by atoms with Gasteiger partial charge in [-0.1, -0.05) is 24.5 Å². The second kappa shape index (κ2) is 10.0. The van der Waals surface area contributed by atoms with Crippen molar-refractivity contribution in [1.29, 1.82) is 0 Å². The summed E-state index contributed by atoms with van der Waals surface area (Å²) >= 11 is 0. The van der Waals surface area contributed by atoms with E-state index < -0.39 is 0 Å². The number of benzene rings is 1. The van der Waals surface area contributed by atoms with Gasteiger partial charge in [-0.05, 0) is 74.3 Å². The number of hydrogen-bond acceptors (Lipinski definition) is 8. The third kappa shape index (κ3) is 4.65. The van der Waals surface area contributed by atoms with E-state index in [1.165, 1.54) is 37.9 Å². The van der Waals surface area contributed by atoms with Gasteiger partial charge in [0, 0.05) is 55.2 Å². The average molecular weight is 522 g/mol. The van der Waals surface area contributed by atoms with Gasteiger partial charge in [0.15, 0.2) is 5.82 Å². The molecule has 4 fully saturated rings. The number of para-hydroxylation sites is 1. The molecular weight excluding hydrogens is 486 g/mol. The maximum absolute atomic E-state index is 10.3. The van der Waals surface area contributed by atoms with Crippen LogP contribution in [0.4, 0.5) is 17.2 Å². The molecule has 7 rings (SSSR count). The number of nitrogens with zero attached hydrogens (tertiary/aromatic N) is 6. The first kappa shape index (κ1) is 24.2. The highest BCUT2D eigenvalue weighted by Gasteiger charge is 2.41. The van der Waals surface area contributed by atoms with Crippen LogP contribution in [0.1, 0.15) is 44.2 Å². The van der Waals surface area contributed by atoms with E-state index in [2.05, 4.69) is 53.9 Å². The molecule has 0 spiro atoms. The van der Waals surface area contributed by atoms with Crippen LogP contribution in [0, 0.1) is 17.8 Å². The molecule has 3 saturated heterocycles. The Kier molecular flexibility index (Phi) is 6.24. The quantitative estimate of drug-likeness (QED) is 0.499. The standard InChI is InChI=1S/C31H35N7O/c32-31-29(17-28(34-35-31)27-8-1-2-9-30(27)39)37-19-25-10-11-26(20-37)38(25)24-12-13-33-22(16-24)6-4-14-36-18-21-5-3-7-23(36)15-21/h1-2,8-9,12-13,16-17,21,23,25-26,39H,3,5,7,10-11,14-15,18-20H2,(H2,32,35). The van der Waals surface area contributed by atoms with Crippen molar-refractivity contribution in [1.82, 2.24) is 20.1 Å². The summed E-state index contributed by atoms with van der Waals surface area (Å²) < 4.78 is 0. The molecule has 39 heavy (non-hydrogen) atoms. The lowest BCUT2D eigenvalue weighted by Crippen LogP contribution is -2.54. The van der Waals surface area contributed by atoms with Gasteiger partial charge in [-0.15, -0.1) is 10.2 Å². The van der Waals surface area contributed by atoms with E-state index in [9.17, 15) is 5.11 Å². The van der Waals surface area contributed by atoms with E-state index in [4.69, 9.17) is 5.73 Å². The molecule has 1 aromatic carbocycles. The number of nitrogens with two attached hydrogens (primary N) is 1. The second-order valence-corrected chi connectivity index (χ2v) is 11.5. The van der Waals surface area contributed by atoms with Crippen molar-refractivity contribution in [3.63, 3.8) is 0 Å². The Labute approximate surface area is 229 Å². The van der Waals surface area contributed by atoms with Crippen molar-refractivity contribution in [3.05, 3.63) is 54.4 Å². The lowest BCUT2D eigenvalue weighted by Gasteiger charge is -2.43. The van der Waals surface area contributed by atoms with E-state index in [-0.39, 0.29) is 5.75 Å². The Morgan fingerprint density at radius 3 is 2.62 bits per heavy atom. The first-order chi connectivity index (χ1) is 19.1. The summed E-state index contributed by atoms with van der Waals surface area (Å²) in [5, 5.41) is 18.8. The first-order valence-electron chi connectivity index (χ1n) is 14.3. The first-order valence-corrected chi connectivity index (χ1v) is 14.3. The van der Waals surface area contributed by atoms with E-state index in [0.717, 1.165) is 55.8 Å². The van der Waals surface area contributed by atoms with Crippen LogP contribution in [0.5, 0.6) is 5.75 Å². The van der Waals surface area contributed by atoms with Gasteiger partial charge >= 0.3 is 0 Å². The molecule has 5 heterocycles. The fourth-order valence-corrected chi connectivity index (χ4v) is 7.30. The number of anilines is 3. The van der Waals surface area contributed by atoms with Gasteiger partial charge in [0.2, 0.25) is 0 Å². The summed E-state index contributed by atoms with van der Waals surface area (Å²) in [6.07, 6.45) is 9.62. The molecule has 1 aliphatic carbocycles. The van der Waals surface area contributed by atoms with Gasteiger partial charge in [0.05, 0.1) is 17.9 Å². The molecule has 0 radical (unpaired) electrons. The molecule has 8 nitrogen and oxygen atoms in total. The molecular formula is C31H35N7O. The normalized spacial score (nSPS) is 25.9. The monoisotopic (exact) mass is 521 g/mol. The fourth-order valence-electron chi connectivity index (χ4n) is 7.30. The van der Waals surface area contributed by atoms with Crippen LogP contribution in [0.2, 0.25) is 0 Å². The van der Waals surface area contributed by atoms with E-state index in [1.54, 1.807) is 12.1 Å². The van der Waals surface area contributed by atoms with Crippen LogP contribution in [0.25, 0.3) is 11.3 Å². The molecule has 0 amide bonds. The highest BCUT2D eigenvalue weighted by atomic mass is 16.3. The zero-order chi connectivity index (χ0) is 26.3. The molecule has 4 unspecified atom stereocenters. The zero-order valence-corrected chi connectivity index (χ0v) is 22.2. The summed E-state index contributed by atoms with van der Waals surface area (Å²) in [7, 11) is 0. The minimum absolute atomic E-state index is 0.187. The summed E-state index contributed by atoms with van der Waals surface area (Å²) in [5.74, 6) is 8.28. The van der Waals surface area contributed by atoms with Gasteiger partial charge in [-0.3, -0.25) is 4.90 Å². The number of nitrogen functional groups attached to an aromatic ring is 1. The predicted octanol–water partition coefficient (Wildman–Crippen LogP) is 3.91. The summed E-state index contributed by atoms with van der Waals surface area (Å²) in [5.41, 5.74) is 10.5.